The average Bonchev–Trinajstić information content (AvgIpc) is 2.96. The molecule has 0 atom stereocenters. The minimum Gasteiger partial charge on any atom is -0.351 e. The second kappa shape index (κ2) is 7.03. The molecule has 0 bridgehead atoms. The average molecular weight is 283 g/mol. The van der Waals surface area contributed by atoms with Crippen molar-refractivity contribution < 1.29 is 14.3 Å². The molecule has 106 valence electrons. The van der Waals surface area contributed by atoms with Crippen LogP contribution in [0.5, 0.6) is 0 Å². The molecule has 0 unspecified atom stereocenters. The highest BCUT2D eigenvalue weighted by Crippen LogP contribution is 2.30. The Morgan fingerprint density at radius 1 is 1.37 bits per heavy atom. The molecule has 1 aromatic heterocycles. The highest BCUT2D eigenvalue weighted by Gasteiger charge is 2.19. The van der Waals surface area contributed by atoms with Gasteiger partial charge in [0.05, 0.1) is 11.4 Å². The van der Waals surface area contributed by atoms with Gasteiger partial charge in [-0.2, -0.15) is 0 Å². The number of fused-ring (bicyclic) bond motifs is 1. The van der Waals surface area contributed by atoms with Crippen LogP contribution in [0.2, 0.25) is 0 Å². The maximum absolute atomic E-state index is 12.1. The number of rotatable bonds is 7. The molecule has 1 N–H and O–H groups in total. The van der Waals surface area contributed by atoms with Gasteiger partial charge in [-0.15, -0.1) is 11.3 Å². The van der Waals surface area contributed by atoms with Crippen LogP contribution in [0.4, 0.5) is 0 Å². The van der Waals surface area contributed by atoms with E-state index in [-0.39, 0.29) is 12.2 Å². The Bertz CT molecular complexity index is 403. The van der Waals surface area contributed by atoms with E-state index >= 15 is 0 Å². The molecule has 1 heterocycles. The Balaban J connectivity index is 1.85. The fourth-order valence-electron chi connectivity index (χ4n) is 2.24. The summed E-state index contributed by atoms with van der Waals surface area (Å²) in [7, 11) is 0. The minimum atomic E-state index is -0.356. The quantitative estimate of drug-likeness (QED) is 0.782. The zero-order valence-electron chi connectivity index (χ0n) is 11.5. The predicted molar refractivity (Wildman–Crippen MR) is 75.7 cm³/mol. The van der Waals surface area contributed by atoms with Crippen molar-refractivity contribution in [1.29, 1.82) is 0 Å². The van der Waals surface area contributed by atoms with Crippen molar-refractivity contribution in [2.75, 3.05) is 19.8 Å². The number of aryl methyl sites for hydroxylation is 2. The van der Waals surface area contributed by atoms with E-state index in [1.165, 1.54) is 16.9 Å². The monoisotopic (exact) mass is 283 g/mol. The van der Waals surface area contributed by atoms with Gasteiger partial charge in [-0.1, -0.05) is 0 Å². The second-order valence-electron chi connectivity index (χ2n) is 4.46. The molecule has 1 amide bonds. The van der Waals surface area contributed by atoms with Crippen LogP contribution in [0.3, 0.4) is 0 Å². The third-order valence-corrected chi connectivity index (χ3v) is 4.34. The van der Waals surface area contributed by atoms with E-state index in [0.717, 1.165) is 17.7 Å². The minimum absolute atomic E-state index is 0.0243. The number of amides is 1. The Morgan fingerprint density at radius 3 is 2.74 bits per heavy atom. The summed E-state index contributed by atoms with van der Waals surface area (Å²) in [6.07, 6.45) is 3.10. The van der Waals surface area contributed by atoms with Crippen molar-refractivity contribution in [3.05, 3.63) is 21.4 Å². The fraction of sp³-hybridized carbons (Fsp3) is 0.643. The van der Waals surface area contributed by atoms with Crippen LogP contribution in [0.1, 0.15) is 40.4 Å². The van der Waals surface area contributed by atoms with E-state index in [1.807, 2.05) is 19.9 Å². The summed E-state index contributed by atoms with van der Waals surface area (Å²) in [6, 6.07) is 2.03. The molecule has 5 heteroatoms. The number of carbonyl (C=O) groups is 1. The van der Waals surface area contributed by atoms with Crippen LogP contribution in [0.25, 0.3) is 0 Å². The Labute approximate surface area is 118 Å². The number of hydrogen-bond donors (Lipinski definition) is 1. The molecule has 1 aliphatic carbocycles. The normalized spacial score (nSPS) is 13.8. The molecule has 0 saturated heterocycles. The second-order valence-corrected chi connectivity index (χ2v) is 5.60. The topological polar surface area (TPSA) is 47.6 Å². The van der Waals surface area contributed by atoms with Crippen molar-refractivity contribution in [2.24, 2.45) is 0 Å². The molecular weight excluding hydrogens is 262 g/mol. The van der Waals surface area contributed by atoms with Gasteiger partial charge in [0, 0.05) is 18.1 Å². The van der Waals surface area contributed by atoms with Crippen molar-refractivity contribution in [3.63, 3.8) is 0 Å². The smallest absolute Gasteiger partial charge is 0.261 e. The lowest BCUT2D eigenvalue weighted by atomic mass is 10.2. The molecule has 0 aromatic carbocycles. The van der Waals surface area contributed by atoms with Gasteiger partial charge in [0.25, 0.3) is 5.91 Å². The lowest BCUT2D eigenvalue weighted by Crippen LogP contribution is -2.35. The maximum Gasteiger partial charge on any atom is 0.261 e. The predicted octanol–water partition coefficient (Wildman–Crippen LogP) is 2.37. The molecule has 19 heavy (non-hydrogen) atoms. The van der Waals surface area contributed by atoms with Crippen LogP contribution >= 0.6 is 11.3 Å². The van der Waals surface area contributed by atoms with E-state index in [4.69, 9.17) is 9.47 Å². The summed E-state index contributed by atoms with van der Waals surface area (Å²) >= 11 is 1.61. The van der Waals surface area contributed by atoms with Gasteiger partial charge in [-0.3, -0.25) is 4.79 Å². The van der Waals surface area contributed by atoms with Gasteiger partial charge in [0.15, 0.2) is 6.29 Å². The van der Waals surface area contributed by atoms with Gasteiger partial charge in [0.1, 0.15) is 0 Å². The van der Waals surface area contributed by atoms with Crippen molar-refractivity contribution in [3.8, 4) is 0 Å². The van der Waals surface area contributed by atoms with Crippen LogP contribution in [-0.4, -0.2) is 32.0 Å². The molecule has 4 nitrogen and oxygen atoms in total. The number of ether oxygens (including phenoxy) is 2. The van der Waals surface area contributed by atoms with Crippen molar-refractivity contribution >= 4 is 17.2 Å². The van der Waals surface area contributed by atoms with Crippen LogP contribution < -0.4 is 5.32 Å². The molecule has 1 aliphatic rings. The largest absolute Gasteiger partial charge is 0.351 e. The standard InChI is InChI=1S/C14H21NO3S/c1-3-17-13(18-4-2)9-15-14(16)12-8-10-6-5-7-11(10)19-12/h8,13H,3-7,9H2,1-2H3,(H,15,16). The summed E-state index contributed by atoms with van der Waals surface area (Å²) in [6.45, 7) is 5.38. The summed E-state index contributed by atoms with van der Waals surface area (Å²) in [5.74, 6) is -0.0243. The first kappa shape index (κ1) is 14.5. The van der Waals surface area contributed by atoms with Crippen LogP contribution in [-0.2, 0) is 22.3 Å². The molecule has 0 fully saturated rings. The van der Waals surface area contributed by atoms with E-state index in [1.54, 1.807) is 11.3 Å². The molecular formula is C14H21NO3S. The molecule has 0 aliphatic heterocycles. The molecule has 0 saturated carbocycles. The molecule has 1 aromatic rings. The van der Waals surface area contributed by atoms with Gasteiger partial charge in [-0.25, -0.2) is 0 Å². The summed E-state index contributed by atoms with van der Waals surface area (Å²) in [5.41, 5.74) is 1.35. The highest BCUT2D eigenvalue weighted by atomic mass is 32.1. The zero-order chi connectivity index (χ0) is 13.7. The van der Waals surface area contributed by atoms with E-state index in [2.05, 4.69) is 5.32 Å². The fourth-order valence-corrected chi connectivity index (χ4v) is 3.41. The van der Waals surface area contributed by atoms with E-state index in [0.29, 0.717) is 19.8 Å². The van der Waals surface area contributed by atoms with Gasteiger partial charge in [0.2, 0.25) is 0 Å². The first-order valence-electron chi connectivity index (χ1n) is 6.87. The van der Waals surface area contributed by atoms with Gasteiger partial charge in [-0.05, 0) is 44.7 Å². The third kappa shape index (κ3) is 3.78. The Kier molecular flexibility index (Phi) is 5.36. The van der Waals surface area contributed by atoms with E-state index in [9.17, 15) is 4.79 Å². The number of carbonyl (C=O) groups excluding carboxylic acids is 1. The lowest BCUT2D eigenvalue weighted by Gasteiger charge is -2.17. The lowest BCUT2D eigenvalue weighted by molar-refractivity contribution is -0.131. The summed E-state index contributed by atoms with van der Waals surface area (Å²) in [4.78, 5) is 14.2. The van der Waals surface area contributed by atoms with E-state index < -0.39 is 0 Å². The number of nitrogens with one attached hydrogen (secondary N) is 1. The Hall–Kier alpha value is -0.910. The molecule has 2 rings (SSSR count). The number of hydrogen-bond acceptors (Lipinski definition) is 4. The maximum atomic E-state index is 12.1. The van der Waals surface area contributed by atoms with Gasteiger partial charge >= 0.3 is 0 Å². The highest BCUT2D eigenvalue weighted by molar-refractivity contribution is 7.14. The zero-order valence-corrected chi connectivity index (χ0v) is 12.3. The first-order chi connectivity index (χ1) is 9.24. The number of thiophene rings is 1. The SMILES string of the molecule is CCOC(CNC(=O)c1cc2c(s1)CCC2)OCC. The van der Waals surface area contributed by atoms with Crippen molar-refractivity contribution in [2.45, 2.75) is 39.4 Å². The first-order valence-corrected chi connectivity index (χ1v) is 7.69. The molecule has 0 spiro atoms. The van der Waals surface area contributed by atoms with Crippen LogP contribution in [0.15, 0.2) is 6.07 Å². The Morgan fingerprint density at radius 2 is 2.11 bits per heavy atom. The summed E-state index contributed by atoms with van der Waals surface area (Å²) in [5, 5.41) is 2.88. The third-order valence-electron chi connectivity index (χ3n) is 3.10. The van der Waals surface area contributed by atoms with Crippen LogP contribution in [0, 0.1) is 0 Å². The van der Waals surface area contributed by atoms with Gasteiger partial charge < -0.3 is 14.8 Å². The molecule has 0 radical (unpaired) electrons. The van der Waals surface area contributed by atoms with Crippen molar-refractivity contribution in [1.82, 2.24) is 5.32 Å². The summed E-state index contributed by atoms with van der Waals surface area (Å²) < 4.78 is 10.8.